The topological polar surface area (TPSA) is 69.7 Å². The molecule has 6 heteroatoms. The summed E-state index contributed by atoms with van der Waals surface area (Å²) in [7, 11) is 4.35. The van der Waals surface area contributed by atoms with Crippen LogP contribution in [0.3, 0.4) is 0 Å². The normalized spacial score (nSPS) is 20.9. The summed E-state index contributed by atoms with van der Waals surface area (Å²) in [6.45, 7) is 0. The number of hydrogen-bond acceptors (Lipinski definition) is 5. The van der Waals surface area contributed by atoms with Gasteiger partial charge in [0.2, 0.25) is 0 Å². The van der Waals surface area contributed by atoms with Crippen molar-refractivity contribution in [2.75, 3.05) is 19.4 Å². The Kier molecular flexibility index (Phi) is 4.36. The second-order valence-electron chi connectivity index (χ2n) is 7.05. The van der Waals surface area contributed by atoms with Crippen LogP contribution in [0.4, 0.5) is 5.82 Å². The zero-order valence-corrected chi connectivity index (χ0v) is 14.7. The van der Waals surface area contributed by atoms with Gasteiger partial charge in [0, 0.05) is 29.2 Å². The van der Waals surface area contributed by atoms with Crippen molar-refractivity contribution in [2.45, 2.75) is 37.8 Å². The number of H-pyrrole nitrogens is 1. The van der Waals surface area contributed by atoms with Crippen molar-refractivity contribution in [1.29, 1.82) is 0 Å². The lowest BCUT2D eigenvalue weighted by atomic mass is 9.90. The predicted molar refractivity (Wildman–Crippen MR) is 100 cm³/mol. The molecule has 0 atom stereocenters. The lowest BCUT2D eigenvalue weighted by Crippen LogP contribution is -2.36. The number of benzene rings is 1. The number of anilines is 1. The van der Waals surface area contributed by atoms with Crippen LogP contribution in [-0.2, 0) is 0 Å². The van der Waals surface area contributed by atoms with Gasteiger partial charge in [-0.1, -0.05) is 6.07 Å². The van der Waals surface area contributed by atoms with Crippen molar-refractivity contribution >= 4 is 16.7 Å². The maximum atomic E-state index is 4.52. The lowest BCUT2D eigenvalue weighted by molar-refractivity contribution is 0.221. The second-order valence-corrected chi connectivity index (χ2v) is 7.05. The van der Waals surface area contributed by atoms with Crippen LogP contribution < -0.4 is 5.32 Å². The van der Waals surface area contributed by atoms with Gasteiger partial charge in [0.25, 0.3) is 0 Å². The molecule has 25 heavy (non-hydrogen) atoms. The van der Waals surface area contributed by atoms with Crippen LogP contribution in [0.1, 0.15) is 25.7 Å². The van der Waals surface area contributed by atoms with E-state index in [4.69, 9.17) is 0 Å². The number of aromatic amines is 1. The van der Waals surface area contributed by atoms with E-state index >= 15 is 0 Å². The first-order valence-electron chi connectivity index (χ1n) is 8.87. The molecule has 3 aromatic rings. The Morgan fingerprint density at radius 3 is 2.64 bits per heavy atom. The summed E-state index contributed by atoms with van der Waals surface area (Å²) in [6, 6.07) is 7.45. The molecule has 0 unspecified atom stereocenters. The molecule has 0 saturated heterocycles. The molecule has 2 N–H and O–H groups in total. The Labute approximate surface area is 147 Å². The van der Waals surface area contributed by atoms with Gasteiger partial charge < -0.3 is 10.2 Å². The third-order valence-electron chi connectivity index (χ3n) is 5.23. The Hall–Kier alpha value is -2.47. The SMILES string of the molecule is CN(C)[C@H]1CC[C@H](Nc2ncnc3ccc(-c4cn[nH]c4)cc23)CC1. The molecule has 1 aliphatic carbocycles. The Balaban J connectivity index is 1.58. The van der Waals surface area contributed by atoms with E-state index < -0.39 is 0 Å². The van der Waals surface area contributed by atoms with Crippen LogP contribution >= 0.6 is 0 Å². The highest BCUT2D eigenvalue weighted by Crippen LogP contribution is 2.29. The van der Waals surface area contributed by atoms with E-state index in [-0.39, 0.29) is 0 Å². The zero-order valence-electron chi connectivity index (χ0n) is 14.7. The van der Waals surface area contributed by atoms with Crippen LogP contribution in [0.5, 0.6) is 0 Å². The quantitative estimate of drug-likeness (QED) is 0.765. The van der Waals surface area contributed by atoms with E-state index in [1.54, 1.807) is 6.33 Å². The molecular formula is C19H24N6. The monoisotopic (exact) mass is 336 g/mol. The average Bonchev–Trinajstić information content (AvgIpc) is 3.17. The van der Waals surface area contributed by atoms with Crippen molar-refractivity contribution in [3.63, 3.8) is 0 Å². The fourth-order valence-corrected chi connectivity index (χ4v) is 3.69. The van der Waals surface area contributed by atoms with Crippen molar-refractivity contribution < 1.29 is 0 Å². The summed E-state index contributed by atoms with van der Waals surface area (Å²) in [5, 5.41) is 11.6. The first-order chi connectivity index (χ1) is 12.2. The van der Waals surface area contributed by atoms with E-state index in [2.05, 4.69) is 56.6 Å². The predicted octanol–water partition coefficient (Wildman–Crippen LogP) is 3.30. The van der Waals surface area contributed by atoms with Crippen molar-refractivity contribution in [2.24, 2.45) is 0 Å². The van der Waals surface area contributed by atoms with E-state index in [9.17, 15) is 0 Å². The summed E-state index contributed by atoms with van der Waals surface area (Å²) in [6.07, 6.45) is 10.2. The minimum absolute atomic E-state index is 0.479. The number of nitrogens with one attached hydrogen (secondary N) is 2. The third kappa shape index (κ3) is 3.35. The van der Waals surface area contributed by atoms with Gasteiger partial charge in [0.05, 0.1) is 11.7 Å². The minimum Gasteiger partial charge on any atom is -0.367 e. The van der Waals surface area contributed by atoms with E-state index in [0.29, 0.717) is 12.1 Å². The van der Waals surface area contributed by atoms with Crippen molar-refractivity contribution in [3.05, 3.63) is 36.9 Å². The fourth-order valence-electron chi connectivity index (χ4n) is 3.69. The molecule has 1 fully saturated rings. The zero-order chi connectivity index (χ0) is 17.2. The molecule has 2 heterocycles. The molecule has 2 aromatic heterocycles. The molecule has 4 rings (SSSR count). The summed E-state index contributed by atoms with van der Waals surface area (Å²) >= 11 is 0. The number of fused-ring (bicyclic) bond motifs is 1. The summed E-state index contributed by atoms with van der Waals surface area (Å²) in [5.74, 6) is 0.934. The fraction of sp³-hybridized carbons (Fsp3) is 0.421. The molecule has 130 valence electrons. The Morgan fingerprint density at radius 1 is 1.08 bits per heavy atom. The van der Waals surface area contributed by atoms with Gasteiger partial charge in [-0.2, -0.15) is 5.10 Å². The standard InChI is InChI=1S/C19H24N6/c1-25(2)16-6-4-15(5-7-16)24-19-17-9-13(14-10-22-23-11-14)3-8-18(17)20-12-21-19/h3,8-12,15-16H,4-7H2,1-2H3,(H,22,23)(H,20,21,24)/t15-,16-. The molecule has 1 aromatic carbocycles. The average molecular weight is 336 g/mol. The largest absolute Gasteiger partial charge is 0.367 e. The lowest BCUT2D eigenvalue weighted by Gasteiger charge is -2.33. The Bertz CT molecular complexity index is 834. The van der Waals surface area contributed by atoms with E-state index in [1.165, 1.54) is 25.7 Å². The van der Waals surface area contributed by atoms with Gasteiger partial charge in [0.15, 0.2) is 0 Å². The number of rotatable bonds is 4. The van der Waals surface area contributed by atoms with Gasteiger partial charge in [-0.25, -0.2) is 9.97 Å². The Morgan fingerprint density at radius 2 is 1.92 bits per heavy atom. The van der Waals surface area contributed by atoms with Crippen LogP contribution in [0, 0.1) is 0 Å². The molecular weight excluding hydrogens is 312 g/mol. The van der Waals surface area contributed by atoms with Crippen molar-refractivity contribution in [1.82, 2.24) is 25.1 Å². The number of aromatic nitrogens is 4. The molecule has 6 nitrogen and oxygen atoms in total. The maximum absolute atomic E-state index is 4.52. The first-order valence-corrected chi connectivity index (χ1v) is 8.87. The molecule has 0 radical (unpaired) electrons. The van der Waals surface area contributed by atoms with Crippen LogP contribution in [0.15, 0.2) is 36.9 Å². The third-order valence-corrected chi connectivity index (χ3v) is 5.23. The second kappa shape index (κ2) is 6.80. The summed E-state index contributed by atoms with van der Waals surface area (Å²) < 4.78 is 0. The summed E-state index contributed by atoms with van der Waals surface area (Å²) in [4.78, 5) is 11.3. The van der Waals surface area contributed by atoms with E-state index in [0.717, 1.165) is 27.8 Å². The van der Waals surface area contributed by atoms with Gasteiger partial charge in [0.1, 0.15) is 12.1 Å². The molecule has 0 spiro atoms. The maximum Gasteiger partial charge on any atom is 0.137 e. The molecule has 0 bridgehead atoms. The minimum atomic E-state index is 0.479. The smallest absolute Gasteiger partial charge is 0.137 e. The number of nitrogens with zero attached hydrogens (tertiary/aromatic N) is 4. The number of hydrogen-bond donors (Lipinski definition) is 2. The molecule has 1 saturated carbocycles. The van der Waals surface area contributed by atoms with E-state index in [1.807, 2.05) is 18.5 Å². The molecule has 1 aliphatic rings. The molecule has 0 amide bonds. The van der Waals surface area contributed by atoms with Crippen LogP contribution in [0.25, 0.3) is 22.0 Å². The summed E-state index contributed by atoms with van der Waals surface area (Å²) in [5.41, 5.74) is 3.16. The van der Waals surface area contributed by atoms with Crippen LogP contribution in [-0.4, -0.2) is 51.2 Å². The highest BCUT2D eigenvalue weighted by Gasteiger charge is 2.23. The first kappa shape index (κ1) is 16.0. The van der Waals surface area contributed by atoms with Crippen LogP contribution in [0.2, 0.25) is 0 Å². The highest BCUT2D eigenvalue weighted by molar-refractivity contribution is 5.92. The van der Waals surface area contributed by atoms with Gasteiger partial charge in [-0.15, -0.1) is 0 Å². The highest BCUT2D eigenvalue weighted by atomic mass is 15.1. The van der Waals surface area contributed by atoms with Crippen molar-refractivity contribution in [3.8, 4) is 11.1 Å². The molecule has 0 aliphatic heterocycles. The van der Waals surface area contributed by atoms with Gasteiger partial charge in [-0.05, 0) is 57.5 Å². The van der Waals surface area contributed by atoms with Gasteiger partial charge >= 0.3 is 0 Å². The van der Waals surface area contributed by atoms with Gasteiger partial charge in [-0.3, -0.25) is 5.10 Å².